The zero-order valence-corrected chi connectivity index (χ0v) is 31.6. The topological polar surface area (TPSA) is 205 Å². The van der Waals surface area contributed by atoms with Crippen molar-refractivity contribution in [2.45, 2.75) is 58.3 Å². The van der Waals surface area contributed by atoms with Gasteiger partial charge in [0.25, 0.3) is 17.7 Å². The van der Waals surface area contributed by atoms with E-state index in [1.807, 2.05) is 54.6 Å². The van der Waals surface area contributed by atoms with Gasteiger partial charge < -0.3 is 43.1 Å². The number of ether oxygens (including phenoxy) is 3. The Hall–Kier alpha value is -6.42. The van der Waals surface area contributed by atoms with Crippen molar-refractivity contribution in [3.63, 3.8) is 0 Å². The van der Waals surface area contributed by atoms with Gasteiger partial charge in [0, 0.05) is 52.6 Å². The standard InChI is InChI=1S/C42H42N6O9/c1-25(49)13-16-52-34-10-4-7-28(22-34)37-43-40(55-46-37)31-19-32(41-44-38(47-56-41)29-8-5-11-35(23-29)53-17-14-26(2)50)21-33(20-31)42-45-39(48-57-42)30-9-6-12-36(24-30)54-18-15-27(3)51/h4-12,19-27,49-51H,13-18H2,1-3H3. The quantitative estimate of drug-likeness (QED) is 0.0783. The minimum absolute atomic E-state index is 0.206. The Morgan fingerprint density at radius 2 is 0.737 bits per heavy atom. The number of hydrogen-bond donors (Lipinski definition) is 3. The normalized spacial score (nSPS) is 12.9. The van der Waals surface area contributed by atoms with Gasteiger partial charge in [-0.25, -0.2) is 0 Å². The van der Waals surface area contributed by atoms with Crippen LogP contribution in [0, 0.1) is 0 Å². The number of aliphatic hydroxyl groups is 3. The highest BCUT2D eigenvalue weighted by Gasteiger charge is 2.21. The van der Waals surface area contributed by atoms with E-state index < -0.39 is 18.3 Å². The highest BCUT2D eigenvalue weighted by atomic mass is 16.5. The fourth-order valence-electron chi connectivity index (χ4n) is 5.59. The van der Waals surface area contributed by atoms with E-state index in [1.165, 1.54) is 0 Å². The molecule has 7 rings (SSSR count). The van der Waals surface area contributed by atoms with Crippen molar-refractivity contribution in [3.8, 4) is 85.8 Å². The van der Waals surface area contributed by atoms with Crippen LogP contribution in [0.2, 0.25) is 0 Å². The molecule has 0 saturated heterocycles. The van der Waals surface area contributed by atoms with Gasteiger partial charge in [0.15, 0.2) is 0 Å². The Balaban J connectivity index is 1.21. The monoisotopic (exact) mass is 774 g/mol. The molecule has 0 spiro atoms. The largest absolute Gasteiger partial charge is 0.493 e. The molecule has 3 heterocycles. The summed E-state index contributed by atoms with van der Waals surface area (Å²) >= 11 is 0. The van der Waals surface area contributed by atoms with Gasteiger partial charge >= 0.3 is 0 Å². The first kappa shape index (κ1) is 38.8. The molecule has 3 aromatic heterocycles. The maximum absolute atomic E-state index is 9.60. The number of hydrogen-bond acceptors (Lipinski definition) is 15. The maximum Gasteiger partial charge on any atom is 0.258 e. The SMILES string of the molecule is CC(O)CCOc1cccc(-c2noc(-c3cc(-c4nc(-c5cccc(OCCC(C)O)c5)no4)cc(-c4nc(-c5cccc(OCCC(C)O)c5)no4)c3)n2)c1. The molecule has 0 bridgehead atoms. The lowest BCUT2D eigenvalue weighted by Gasteiger charge is -2.08. The first-order chi connectivity index (χ1) is 27.7. The van der Waals surface area contributed by atoms with Crippen LogP contribution in [-0.2, 0) is 0 Å². The Labute approximate surface area is 327 Å². The number of aromatic nitrogens is 6. The number of aliphatic hydroxyl groups excluding tert-OH is 3. The van der Waals surface area contributed by atoms with Crippen molar-refractivity contribution >= 4 is 0 Å². The summed E-state index contributed by atoms with van der Waals surface area (Å²) in [5.41, 5.74) is 3.58. The van der Waals surface area contributed by atoms with Crippen LogP contribution in [0.1, 0.15) is 40.0 Å². The number of nitrogens with zero attached hydrogens (tertiary/aromatic N) is 6. The van der Waals surface area contributed by atoms with Crippen molar-refractivity contribution in [3.05, 3.63) is 91.0 Å². The molecule has 15 nitrogen and oxygen atoms in total. The number of benzene rings is 4. The van der Waals surface area contributed by atoms with E-state index in [0.717, 1.165) is 0 Å². The number of rotatable bonds is 18. The Morgan fingerprint density at radius 3 is 1.02 bits per heavy atom. The van der Waals surface area contributed by atoms with Crippen molar-refractivity contribution in [1.29, 1.82) is 0 Å². The van der Waals surface area contributed by atoms with Gasteiger partial charge in [0.05, 0.1) is 38.1 Å². The second-order valence-electron chi connectivity index (χ2n) is 13.6. The summed E-state index contributed by atoms with van der Waals surface area (Å²) in [5.74, 6) is 3.45. The first-order valence-corrected chi connectivity index (χ1v) is 18.6. The fourth-order valence-corrected chi connectivity index (χ4v) is 5.59. The van der Waals surface area contributed by atoms with E-state index in [-0.39, 0.29) is 17.7 Å². The summed E-state index contributed by atoms with van der Waals surface area (Å²) in [4.78, 5) is 14.1. The summed E-state index contributed by atoms with van der Waals surface area (Å²) in [5, 5.41) is 41.6. The average Bonchev–Trinajstić information content (AvgIpc) is 4.00. The first-order valence-electron chi connectivity index (χ1n) is 18.6. The molecule has 0 aliphatic heterocycles. The van der Waals surface area contributed by atoms with Gasteiger partial charge in [0.1, 0.15) is 17.2 Å². The Bertz CT molecular complexity index is 2110. The molecule has 0 radical (unpaired) electrons. The van der Waals surface area contributed by atoms with E-state index in [4.69, 9.17) is 42.7 Å². The second kappa shape index (κ2) is 18.0. The Kier molecular flexibility index (Phi) is 12.3. The molecule has 7 aromatic rings. The van der Waals surface area contributed by atoms with E-state index in [0.29, 0.717) is 107 Å². The van der Waals surface area contributed by atoms with Crippen LogP contribution in [0.4, 0.5) is 0 Å². The van der Waals surface area contributed by atoms with Crippen LogP contribution in [-0.4, -0.2) is 83.9 Å². The third-order valence-corrected chi connectivity index (χ3v) is 8.64. The predicted molar refractivity (Wildman–Crippen MR) is 208 cm³/mol. The summed E-state index contributed by atoms with van der Waals surface area (Å²) in [6.07, 6.45) is 0.0744. The zero-order chi connectivity index (χ0) is 39.7. The molecule has 3 N–H and O–H groups in total. The molecule has 4 aromatic carbocycles. The summed E-state index contributed by atoms with van der Waals surface area (Å²) < 4.78 is 34.8. The molecule has 0 aliphatic rings. The third kappa shape index (κ3) is 10.3. The molecule has 57 heavy (non-hydrogen) atoms. The van der Waals surface area contributed by atoms with Crippen LogP contribution in [0.3, 0.4) is 0 Å². The minimum atomic E-state index is -0.471. The van der Waals surface area contributed by atoms with Gasteiger partial charge in [-0.2, -0.15) is 15.0 Å². The molecule has 294 valence electrons. The van der Waals surface area contributed by atoms with Crippen LogP contribution in [0.5, 0.6) is 17.2 Å². The average molecular weight is 775 g/mol. The van der Waals surface area contributed by atoms with E-state index in [1.54, 1.807) is 57.2 Å². The van der Waals surface area contributed by atoms with Gasteiger partial charge in [-0.15, -0.1) is 0 Å². The van der Waals surface area contributed by atoms with Gasteiger partial charge in [0.2, 0.25) is 17.5 Å². The van der Waals surface area contributed by atoms with Gasteiger partial charge in [-0.3, -0.25) is 0 Å². The molecule has 0 aliphatic carbocycles. The highest BCUT2D eigenvalue weighted by molar-refractivity contribution is 5.75. The lowest BCUT2D eigenvalue weighted by molar-refractivity contribution is 0.155. The van der Waals surface area contributed by atoms with Crippen LogP contribution < -0.4 is 14.2 Å². The maximum atomic E-state index is 9.60. The van der Waals surface area contributed by atoms with Crippen molar-refractivity contribution in [2.24, 2.45) is 0 Å². The zero-order valence-electron chi connectivity index (χ0n) is 31.6. The molecule has 3 unspecified atom stereocenters. The van der Waals surface area contributed by atoms with Crippen molar-refractivity contribution in [1.82, 2.24) is 30.4 Å². The molecular weight excluding hydrogens is 732 g/mol. The molecule has 0 fully saturated rings. The molecule has 0 amide bonds. The fraction of sp³-hybridized carbons (Fsp3) is 0.286. The second-order valence-corrected chi connectivity index (χ2v) is 13.6. The van der Waals surface area contributed by atoms with E-state index >= 15 is 0 Å². The van der Waals surface area contributed by atoms with E-state index in [2.05, 4.69) is 15.5 Å². The predicted octanol–water partition coefficient (Wildman–Crippen LogP) is 7.29. The lowest BCUT2D eigenvalue weighted by atomic mass is 10.0. The summed E-state index contributed by atoms with van der Waals surface area (Å²) in [6.45, 7) is 6.21. The van der Waals surface area contributed by atoms with Crippen LogP contribution in [0.25, 0.3) is 68.5 Å². The summed E-state index contributed by atoms with van der Waals surface area (Å²) in [7, 11) is 0. The lowest BCUT2D eigenvalue weighted by Crippen LogP contribution is -2.07. The van der Waals surface area contributed by atoms with Crippen LogP contribution >= 0.6 is 0 Å². The summed E-state index contributed by atoms with van der Waals surface area (Å²) in [6, 6.07) is 27.3. The van der Waals surface area contributed by atoms with Crippen molar-refractivity contribution in [2.75, 3.05) is 19.8 Å². The van der Waals surface area contributed by atoms with Crippen LogP contribution in [0.15, 0.2) is 105 Å². The molecule has 3 atom stereocenters. The molecule has 15 heteroatoms. The third-order valence-electron chi connectivity index (χ3n) is 8.64. The van der Waals surface area contributed by atoms with Gasteiger partial charge in [-0.1, -0.05) is 51.9 Å². The Morgan fingerprint density at radius 1 is 0.439 bits per heavy atom. The van der Waals surface area contributed by atoms with E-state index in [9.17, 15) is 15.3 Å². The van der Waals surface area contributed by atoms with Crippen molar-refractivity contribution < 1.29 is 43.1 Å². The smallest absolute Gasteiger partial charge is 0.258 e. The molecule has 0 saturated carbocycles. The minimum Gasteiger partial charge on any atom is -0.493 e. The molecular formula is C42H42N6O9. The van der Waals surface area contributed by atoms with Gasteiger partial charge in [-0.05, 0) is 75.4 Å². The highest BCUT2D eigenvalue weighted by Crippen LogP contribution is 2.35.